The first-order valence-electron chi connectivity index (χ1n) is 8.96. The number of nitrogens with two attached hydrogens (primary N) is 1. The summed E-state index contributed by atoms with van der Waals surface area (Å²) < 4.78 is 5.43. The number of nitrogens with zero attached hydrogens (tertiary/aromatic N) is 2. The molecule has 2 heterocycles. The van der Waals surface area contributed by atoms with E-state index in [0.29, 0.717) is 19.8 Å². The van der Waals surface area contributed by atoms with Crippen LogP contribution in [0.25, 0.3) is 0 Å². The van der Waals surface area contributed by atoms with Crippen LogP contribution < -0.4 is 10.6 Å². The fourth-order valence-electron chi connectivity index (χ4n) is 3.83. The van der Waals surface area contributed by atoms with Gasteiger partial charge in [-0.2, -0.15) is 0 Å². The van der Waals surface area contributed by atoms with Crippen molar-refractivity contribution in [3.63, 3.8) is 0 Å². The van der Waals surface area contributed by atoms with Crippen LogP contribution in [0.1, 0.15) is 24.0 Å². The normalized spacial score (nSPS) is 21.0. The van der Waals surface area contributed by atoms with Gasteiger partial charge in [-0.1, -0.05) is 12.1 Å². The van der Waals surface area contributed by atoms with Crippen molar-refractivity contribution in [1.82, 2.24) is 4.90 Å². The Morgan fingerprint density at radius 2 is 1.83 bits per heavy atom. The number of hydrogen-bond donors (Lipinski definition) is 1. The van der Waals surface area contributed by atoms with Crippen LogP contribution in [0.15, 0.2) is 18.2 Å². The van der Waals surface area contributed by atoms with Crippen LogP contribution in [0.3, 0.4) is 0 Å². The minimum Gasteiger partial charge on any atom is -0.381 e. The third-order valence-corrected chi connectivity index (χ3v) is 5.78. The van der Waals surface area contributed by atoms with Crippen molar-refractivity contribution in [1.29, 1.82) is 0 Å². The molecule has 2 saturated heterocycles. The Kier molecular flexibility index (Phi) is 5.11. The molecule has 3 rings (SSSR count). The van der Waals surface area contributed by atoms with Gasteiger partial charge in [-0.3, -0.25) is 4.79 Å². The maximum atomic E-state index is 13.0. The highest BCUT2D eigenvalue weighted by molar-refractivity contribution is 5.83. The summed E-state index contributed by atoms with van der Waals surface area (Å²) in [5.41, 5.74) is 9.53. The van der Waals surface area contributed by atoms with E-state index in [0.717, 1.165) is 39.0 Å². The quantitative estimate of drug-likeness (QED) is 0.916. The molecule has 0 unspecified atom stereocenters. The molecule has 2 aliphatic rings. The van der Waals surface area contributed by atoms with Crippen molar-refractivity contribution < 1.29 is 9.53 Å². The zero-order chi connectivity index (χ0) is 17.2. The minimum atomic E-state index is -0.403. The lowest BCUT2D eigenvalue weighted by atomic mass is 9.78. The van der Waals surface area contributed by atoms with E-state index >= 15 is 0 Å². The lowest BCUT2D eigenvalue weighted by molar-refractivity contribution is -0.147. The largest absolute Gasteiger partial charge is 0.381 e. The zero-order valence-electron chi connectivity index (χ0n) is 14.9. The second-order valence-corrected chi connectivity index (χ2v) is 7.10. The number of aryl methyl sites for hydroxylation is 1. The molecule has 2 fully saturated rings. The van der Waals surface area contributed by atoms with E-state index in [2.05, 4.69) is 36.9 Å². The zero-order valence-corrected chi connectivity index (χ0v) is 14.9. The second-order valence-electron chi connectivity index (χ2n) is 7.10. The first kappa shape index (κ1) is 17.2. The maximum Gasteiger partial charge on any atom is 0.230 e. The number of ether oxygens (including phenoxy) is 1. The lowest BCUT2D eigenvalue weighted by Crippen LogP contribution is -2.56. The summed E-state index contributed by atoms with van der Waals surface area (Å²) in [6.45, 7) is 9.34. The minimum absolute atomic E-state index is 0.230. The predicted molar refractivity (Wildman–Crippen MR) is 96.2 cm³/mol. The third kappa shape index (κ3) is 3.15. The van der Waals surface area contributed by atoms with E-state index in [1.807, 2.05) is 4.90 Å². The molecule has 0 aromatic heterocycles. The van der Waals surface area contributed by atoms with E-state index in [1.165, 1.54) is 16.8 Å². The van der Waals surface area contributed by atoms with Crippen LogP contribution in [0.4, 0.5) is 5.69 Å². The number of anilines is 1. The molecule has 24 heavy (non-hydrogen) atoms. The fraction of sp³-hybridized carbons (Fsp3) is 0.632. The highest BCUT2D eigenvalue weighted by Crippen LogP contribution is 2.32. The van der Waals surface area contributed by atoms with Crippen molar-refractivity contribution in [3.8, 4) is 0 Å². The number of benzene rings is 1. The number of hydrogen-bond acceptors (Lipinski definition) is 4. The lowest BCUT2D eigenvalue weighted by Gasteiger charge is -2.43. The Bertz CT molecular complexity index is 588. The van der Waals surface area contributed by atoms with Crippen LogP contribution in [0.2, 0.25) is 0 Å². The monoisotopic (exact) mass is 331 g/mol. The molecule has 0 bridgehead atoms. The fourth-order valence-corrected chi connectivity index (χ4v) is 3.83. The van der Waals surface area contributed by atoms with Crippen LogP contribution in [0.5, 0.6) is 0 Å². The van der Waals surface area contributed by atoms with E-state index in [1.54, 1.807) is 0 Å². The predicted octanol–water partition coefficient (Wildman–Crippen LogP) is 1.71. The van der Waals surface area contributed by atoms with Gasteiger partial charge in [0.2, 0.25) is 5.91 Å². The Morgan fingerprint density at radius 1 is 1.17 bits per heavy atom. The molecule has 0 saturated carbocycles. The van der Waals surface area contributed by atoms with E-state index in [9.17, 15) is 4.79 Å². The summed E-state index contributed by atoms with van der Waals surface area (Å²) in [7, 11) is 0. The van der Waals surface area contributed by atoms with Gasteiger partial charge in [0.25, 0.3) is 0 Å². The van der Waals surface area contributed by atoms with Crippen molar-refractivity contribution >= 4 is 11.6 Å². The van der Waals surface area contributed by atoms with Crippen molar-refractivity contribution in [2.24, 2.45) is 11.1 Å². The second kappa shape index (κ2) is 7.11. The van der Waals surface area contributed by atoms with Gasteiger partial charge in [-0.05, 0) is 43.9 Å². The molecule has 2 aliphatic heterocycles. The molecule has 0 spiro atoms. The van der Waals surface area contributed by atoms with Crippen molar-refractivity contribution in [2.75, 3.05) is 50.8 Å². The Hall–Kier alpha value is -1.59. The van der Waals surface area contributed by atoms with Gasteiger partial charge >= 0.3 is 0 Å². The van der Waals surface area contributed by atoms with E-state index in [-0.39, 0.29) is 5.91 Å². The Morgan fingerprint density at radius 3 is 2.46 bits per heavy atom. The van der Waals surface area contributed by atoms with Crippen LogP contribution in [0, 0.1) is 19.3 Å². The highest BCUT2D eigenvalue weighted by atomic mass is 16.5. The summed E-state index contributed by atoms with van der Waals surface area (Å²) in [6, 6.07) is 6.44. The molecule has 132 valence electrons. The van der Waals surface area contributed by atoms with Gasteiger partial charge in [0.15, 0.2) is 0 Å². The van der Waals surface area contributed by atoms with E-state index in [4.69, 9.17) is 10.5 Å². The average molecular weight is 331 g/mol. The molecule has 0 aliphatic carbocycles. The molecule has 1 aromatic carbocycles. The average Bonchev–Trinajstić information content (AvgIpc) is 2.64. The molecule has 0 radical (unpaired) electrons. The third-order valence-electron chi connectivity index (χ3n) is 5.78. The smallest absolute Gasteiger partial charge is 0.230 e. The standard InChI is InChI=1S/C19H29N3O2/c1-15-4-3-5-17(16(15)2)21-8-10-22(11-9-21)18(23)19(14-20)6-12-24-13-7-19/h3-5H,6-14,20H2,1-2H3. The van der Waals surface area contributed by atoms with Crippen LogP contribution >= 0.6 is 0 Å². The van der Waals surface area contributed by atoms with E-state index < -0.39 is 5.41 Å². The van der Waals surface area contributed by atoms with Gasteiger partial charge < -0.3 is 20.3 Å². The molecular weight excluding hydrogens is 302 g/mol. The van der Waals surface area contributed by atoms with Crippen molar-refractivity contribution in [2.45, 2.75) is 26.7 Å². The summed E-state index contributed by atoms with van der Waals surface area (Å²) in [5.74, 6) is 0.230. The number of carbonyl (C=O) groups is 1. The SMILES string of the molecule is Cc1cccc(N2CCN(C(=O)C3(CN)CCOCC3)CC2)c1C. The van der Waals surface area contributed by atoms with Crippen LogP contribution in [-0.2, 0) is 9.53 Å². The number of amides is 1. The first-order chi connectivity index (χ1) is 11.6. The molecule has 5 nitrogen and oxygen atoms in total. The van der Waals surface area contributed by atoms with Crippen LogP contribution in [-0.4, -0.2) is 56.7 Å². The summed E-state index contributed by atoms with van der Waals surface area (Å²) in [5, 5.41) is 0. The topological polar surface area (TPSA) is 58.8 Å². The molecule has 5 heteroatoms. The number of carbonyl (C=O) groups excluding carboxylic acids is 1. The molecule has 1 amide bonds. The van der Waals surface area contributed by atoms with Gasteiger partial charge in [-0.15, -0.1) is 0 Å². The number of rotatable bonds is 3. The summed E-state index contributed by atoms with van der Waals surface area (Å²) >= 11 is 0. The van der Waals surface area contributed by atoms with Crippen molar-refractivity contribution in [3.05, 3.63) is 29.3 Å². The maximum absolute atomic E-state index is 13.0. The molecule has 2 N–H and O–H groups in total. The first-order valence-corrected chi connectivity index (χ1v) is 8.96. The number of piperazine rings is 1. The van der Waals surface area contributed by atoms with Gasteiger partial charge in [0.05, 0.1) is 5.41 Å². The van der Waals surface area contributed by atoms with Gasteiger partial charge in [-0.25, -0.2) is 0 Å². The summed E-state index contributed by atoms with van der Waals surface area (Å²) in [4.78, 5) is 17.5. The Balaban J connectivity index is 1.66. The van der Waals surface area contributed by atoms with Gasteiger partial charge in [0.1, 0.15) is 0 Å². The molecular formula is C19H29N3O2. The van der Waals surface area contributed by atoms with Gasteiger partial charge in [0, 0.05) is 51.6 Å². The Labute approximate surface area is 144 Å². The highest BCUT2D eigenvalue weighted by Gasteiger charge is 2.42. The molecule has 1 aromatic rings. The summed E-state index contributed by atoms with van der Waals surface area (Å²) in [6.07, 6.45) is 1.50. The molecule has 0 atom stereocenters.